The van der Waals surface area contributed by atoms with Crippen molar-refractivity contribution in [2.45, 2.75) is 49.9 Å². The Hall–Kier alpha value is -12.7. The minimum absolute atomic E-state index is 0.00720. The monoisotopic (exact) mass is 1700 g/mol. The summed E-state index contributed by atoms with van der Waals surface area (Å²) in [4.78, 5) is 77.0. The number of carbonyl (C=O) groups excluding carboxylic acids is 4. The van der Waals surface area contributed by atoms with Gasteiger partial charge in [-0.25, -0.2) is 0 Å². The van der Waals surface area contributed by atoms with Gasteiger partial charge in [0.15, 0.2) is 0 Å². The molecule has 20 rings (SSSR count). The molecule has 4 amide bonds. The van der Waals surface area contributed by atoms with Crippen molar-refractivity contribution in [3.8, 4) is 28.7 Å². The van der Waals surface area contributed by atoms with E-state index in [1.54, 1.807) is 71.9 Å². The third-order valence-electron chi connectivity index (χ3n) is 23.2. The summed E-state index contributed by atoms with van der Waals surface area (Å²) >= 11 is 26.3. The number of ether oxygens (including phenoxy) is 5. The van der Waals surface area contributed by atoms with E-state index < -0.39 is 0 Å². The molecule has 4 aliphatic rings. The first-order valence-corrected chi connectivity index (χ1v) is 42.2. The molecule has 0 spiro atoms. The molecule has 22 heteroatoms. The quantitative estimate of drug-likeness (QED) is 0.0870. The Morgan fingerprint density at radius 1 is 0.314 bits per heavy atom. The number of hydrogen-bond donors (Lipinski definition) is 4. The summed E-state index contributed by atoms with van der Waals surface area (Å²) in [5, 5.41) is 8.58. The maximum Gasteiger partial charge on any atom is 0.264 e. The Labute approximate surface area is 723 Å². The van der Waals surface area contributed by atoms with E-state index in [2.05, 4.69) is 92.7 Å². The Morgan fingerprint density at radius 2 is 0.620 bits per heavy atom. The summed E-state index contributed by atoms with van der Waals surface area (Å²) < 4.78 is 26.6. The normalized spacial score (nSPS) is 15.8. The largest absolute Gasteiger partial charge is 0.497 e. The Balaban J connectivity index is 0.000000115. The van der Waals surface area contributed by atoms with E-state index in [0.717, 1.165) is 126 Å². The van der Waals surface area contributed by atoms with E-state index in [0.29, 0.717) is 63.0 Å². The van der Waals surface area contributed by atoms with Crippen molar-refractivity contribution in [3.63, 3.8) is 0 Å². The van der Waals surface area contributed by atoms with Gasteiger partial charge >= 0.3 is 0 Å². The highest BCUT2D eigenvalue weighted by molar-refractivity contribution is 7.12. The number of rotatable bonds is 13. The van der Waals surface area contributed by atoms with Gasteiger partial charge in [0.2, 0.25) is 0 Å². The van der Waals surface area contributed by atoms with Crippen molar-refractivity contribution in [1.82, 2.24) is 39.5 Å². The Morgan fingerprint density at radius 3 is 0.934 bits per heavy atom. The van der Waals surface area contributed by atoms with Crippen molar-refractivity contribution in [2.24, 2.45) is 0 Å². The minimum atomic E-state index is -0.263. The lowest BCUT2D eigenvalue weighted by Gasteiger charge is -2.36. The van der Waals surface area contributed by atoms with E-state index in [1.165, 1.54) is 55.1 Å². The Bertz CT molecular complexity index is 6470. The molecule has 121 heavy (non-hydrogen) atoms. The molecule has 11 aromatic carbocycles. The lowest BCUT2D eigenvalue weighted by atomic mass is 9.91. The van der Waals surface area contributed by atoms with Gasteiger partial charge in [0.05, 0.1) is 75.2 Å². The van der Waals surface area contributed by atoms with Gasteiger partial charge in [-0.3, -0.25) is 19.2 Å². The minimum Gasteiger partial charge on any atom is -0.497 e. The van der Waals surface area contributed by atoms with Gasteiger partial charge in [-0.15, -0.1) is 11.3 Å². The van der Waals surface area contributed by atoms with Gasteiger partial charge in [0, 0.05) is 119 Å². The molecular weight excluding hydrogens is 1620 g/mol. The summed E-state index contributed by atoms with van der Waals surface area (Å²) in [6, 6.07) is 85.2. The second kappa shape index (κ2) is 35.3. The fourth-order valence-corrected chi connectivity index (χ4v) is 19.2. The summed E-state index contributed by atoms with van der Waals surface area (Å²) in [6.07, 6.45) is 3.20. The molecular formula is C99H84Cl4N8O9S. The number of aromatic nitrogens is 4. The van der Waals surface area contributed by atoms with Crippen LogP contribution in [-0.4, -0.2) is 125 Å². The van der Waals surface area contributed by atoms with Crippen molar-refractivity contribution in [3.05, 3.63) is 381 Å². The number of nitrogens with one attached hydrogen (secondary N) is 4. The van der Waals surface area contributed by atoms with Crippen LogP contribution in [0.1, 0.15) is 132 Å². The van der Waals surface area contributed by atoms with E-state index in [-0.39, 0.29) is 47.8 Å². The van der Waals surface area contributed by atoms with Gasteiger partial charge in [-0.05, 0) is 215 Å². The maximum absolute atomic E-state index is 13.6. The first kappa shape index (κ1) is 80.7. The number of fused-ring (bicyclic) bond motifs is 12. The third kappa shape index (κ3) is 16.2. The number of thiophene rings is 1. The summed E-state index contributed by atoms with van der Waals surface area (Å²) in [7, 11) is 8.23. The van der Waals surface area contributed by atoms with Crippen LogP contribution in [0.15, 0.2) is 272 Å². The number of halogens is 4. The van der Waals surface area contributed by atoms with Gasteiger partial charge in [0.1, 0.15) is 28.7 Å². The number of H-pyrrole nitrogens is 4. The molecule has 4 aliphatic heterocycles. The zero-order valence-corrected chi connectivity index (χ0v) is 70.7. The summed E-state index contributed by atoms with van der Waals surface area (Å²) in [6.45, 7) is 2.52. The molecule has 0 radical (unpaired) electrons. The molecule has 4 atom stereocenters. The zero-order chi connectivity index (χ0) is 83.5. The van der Waals surface area contributed by atoms with Gasteiger partial charge in [-0.2, -0.15) is 0 Å². The number of methoxy groups -OCH3 is 5. The van der Waals surface area contributed by atoms with Crippen LogP contribution in [0.4, 0.5) is 0 Å². The lowest BCUT2D eigenvalue weighted by Crippen LogP contribution is -2.40. The van der Waals surface area contributed by atoms with E-state index in [4.69, 9.17) is 70.1 Å². The number of aromatic amines is 4. The molecule has 4 N–H and O–H groups in total. The standard InChI is InChI=1S/C26H24N2O3.2C25H20Cl2N2O2.C23H20N2O2S/c1-30-19-11-7-17(8-12-19)25-24-22(21-5-3-4-6-23(21)27-24)15-16-28(25)26(29)18-9-13-20(31-2)14-10-18;1-31-17-9-6-15(7-10-17)24-23-19(18-4-2-3-5-22(18)28-23)12-13-29(24)25(30)20-11-8-16(26)14-21(20)27;1-31-19-8-6-15(7-9-19)24-23-21(20-4-2-3-5-22(20)28-23)10-11-29(24)25(30)16-12-17(26)14-18(27)13-16;1-27-16-10-8-15(9-11-16)22-21-18(17-5-2-3-6-19(17)24-21)12-13-25(22)23(26)20-7-4-14-28-20/h3-14,25,27H,15-16H2,1-2H3;2-11,14,24,28H,12-13H2,1H3;2-9,12-14,24,28H,10-11H2,1H3;2-11,14,22,24H,12-13H2,1H3. The fraction of sp³-hybridized carbons (Fsp3) is 0.172. The highest BCUT2D eigenvalue weighted by Gasteiger charge is 2.40. The van der Waals surface area contributed by atoms with Gasteiger partial charge < -0.3 is 63.2 Å². The average Bonchev–Trinajstić information content (AvgIpc) is 1.64. The molecule has 0 saturated heterocycles. The molecule has 4 unspecified atom stereocenters. The predicted octanol–water partition coefficient (Wildman–Crippen LogP) is 22.5. The number of para-hydroxylation sites is 4. The number of nitrogens with zero attached hydrogens (tertiary/aromatic N) is 4. The first-order chi connectivity index (χ1) is 59.1. The van der Waals surface area contributed by atoms with Crippen LogP contribution >= 0.6 is 57.7 Å². The van der Waals surface area contributed by atoms with Crippen molar-refractivity contribution < 1.29 is 42.9 Å². The Kier molecular flexibility index (Phi) is 23.6. The number of carbonyl (C=O) groups is 4. The van der Waals surface area contributed by atoms with Crippen molar-refractivity contribution in [2.75, 3.05) is 61.7 Å². The summed E-state index contributed by atoms with van der Waals surface area (Å²) in [5.41, 5.74) is 19.5. The van der Waals surface area contributed by atoms with Crippen LogP contribution < -0.4 is 23.7 Å². The average molecular weight is 1700 g/mol. The molecule has 17 nitrogen and oxygen atoms in total. The molecule has 0 saturated carbocycles. The van der Waals surface area contributed by atoms with Crippen molar-refractivity contribution in [1.29, 1.82) is 0 Å². The van der Waals surface area contributed by atoms with Crippen LogP contribution in [0.2, 0.25) is 20.1 Å². The second-order valence-electron chi connectivity index (χ2n) is 29.9. The van der Waals surface area contributed by atoms with E-state index >= 15 is 0 Å². The third-order valence-corrected chi connectivity index (χ3v) is 25.1. The lowest BCUT2D eigenvalue weighted by molar-refractivity contribution is 0.0684. The van der Waals surface area contributed by atoms with E-state index in [9.17, 15) is 19.2 Å². The summed E-state index contributed by atoms with van der Waals surface area (Å²) in [5.74, 6) is 3.76. The number of benzene rings is 11. The van der Waals surface area contributed by atoms with Crippen LogP contribution in [0, 0.1) is 0 Å². The van der Waals surface area contributed by atoms with Crippen LogP contribution in [-0.2, 0) is 25.7 Å². The van der Waals surface area contributed by atoms with Gasteiger partial charge in [0.25, 0.3) is 23.6 Å². The molecule has 608 valence electrons. The van der Waals surface area contributed by atoms with Crippen LogP contribution in [0.3, 0.4) is 0 Å². The molecule has 16 aromatic rings. The molecule has 9 heterocycles. The first-order valence-electron chi connectivity index (χ1n) is 39.8. The molecule has 5 aromatic heterocycles. The smallest absolute Gasteiger partial charge is 0.264 e. The fourth-order valence-electron chi connectivity index (χ4n) is 17.5. The highest BCUT2D eigenvalue weighted by Crippen LogP contribution is 2.46. The maximum atomic E-state index is 13.6. The highest BCUT2D eigenvalue weighted by atomic mass is 35.5. The van der Waals surface area contributed by atoms with Crippen LogP contribution in [0.25, 0.3) is 43.6 Å². The number of amides is 4. The zero-order valence-electron chi connectivity index (χ0n) is 66.8. The van der Waals surface area contributed by atoms with Gasteiger partial charge in [-0.1, -0.05) is 174 Å². The SMILES string of the molecule is COc1ccc(C(=O)N2CCc3c([nH]c4ccccc34)C2c2ccc(OC)cc2)cc1.COc1ccc(C2c3[nH]c4ccccc4c3CCN2C(=O)c2cc(Cl)cc(Cl)c2)cc1.COc1ccc(C2c3[nH]c4ccccc4c3CCN2C(=O)c2ccc(Cl)cc2Cl)cc1.COc1ccc(C2c3[nH]c4ccccc4c3CCN2C(=O)c2cccs2)cc1. The molecule has 0 fully saturated rings. The van der Waals surface area contributed by atoms with Crippen molar-refractivity contribution >= 4 is 125 Å². The molecule has 0 bridgehead atoms. The number of hydrogen-bond acceptors (Lipinski definition) is 10. The van der Waals surface area contributed by atoms with E-state index in [1.807, 2.05) is 183 Å². The topological polar surface area (TPSA) is 191 Å². The predicted molar refractivity (Wildman–Crippen MR) is 482 cm³/mol. The van der Waals surface area contributed by atoms with Crippen LogP contribution in [0.5, 0.6) is 28.7 Å². The second-order valence-corrected chi connectivity index (χ2v) is 32.6. The molecule has 0 aliphatic carbocycles.